The number of urea groups is 1. The van der Waals surface area contributed by atoms with Gasteiger partial charge in [-0.25, -0.2) is 4.79 Å². The molecule has 1 unspecified atom stereocenters. The third kappa shape index (κ3) is 4.35. The molecular formula is C14H16BrClN2O3. The van der Waals surface area contributed by atoms with Gasteiger partial charge in [-0.2, -0.15) is 0 Å². The third-order valence-electron chi connectivity index (χ3n) is 3.46. The maximum Gasteiger partial charge on any atom is 0.321 e. The molecule has 7 heteroatoms. The van der Waals surface area contributed by atoms with E-state index >= 15 is 0 Å². The van der Waals surface area contributed by atoms with Crippen molar-refractivity contribution in [3.63, 3.8) is 0 Å². The van der Waals surface area contributed by atoms with Crippen molar-refractivity contribution < 1.29 is 14.7 Å². The van der Waals surface area contributed by atoms with Gasteiger partial charge in [0, 0.05) is 19.5 Å². The summed E-state index contributed by atoms with van der Waals surface area (Å²) in [6.07, 6.45) is 1.77. The molecule has 1 aliphatic rings. The van der Waals surface area contributed by atoms with Crippen LogP contribution in [0, 0.1) is 5.92 Å². The highest BCUT2D eigenvalue weighted by atomic mass is 79.9. The number of rotatable bonds is 3. The molecule has 1 saturated heterocycles. The Kier molecular flexibility index (Phi) is 5.47. The summed E-state index contributed by atoms with van der Waals surface area (Å²) in [7, 11) is 0. The zero-order chi connectivity index (χ0) is 15.4. The molecule has 0 bridgehead atoms. The van der Waals surface area contributed by atoms with Gasteiger partial charge in [-0.05, 0) is 46.8 Å². The van der Waals surface area contributed by atoms with E-state index in [4.69, 9.17) is 16.7 Å². The molecule has 0 saturated carbocycles. The van der Waals surface area contributed by atoms with E-state index in [0.717, 1.165) is 12.8 Å². The van der Waals surface area contributed by atoms with Gasteiger partial charge in [-0.1, -0.05) is 17.7 Å². The lowest BCUT2D eigenvalue weighted by Crippen LogP contribution is -2.42. The van der Waals surface area contributed by atoms with Crippen molar-refractivity contribution in [1.29, 1.82) is 0 Å². The average molecular weight is 376 g/mol. The number of carboxylic acid groups (broad SMARTS) is 1. The molecule has 2 N–H and O–H groups in total. The van der Waals surface area contributed by atoms with Crippen LogP contribution in [0.1, 0.15) is 19.3 Å². The molecule has 1 aliphatic heterocycles. The normalized spacial score (nSPS) is 18.4. The third-order valence-corrected chi connectivity index (χ3v) is 4.86. The molecule has 0 aromatic heterocycles. The van der Waals surface area contributed by atoms with Crippen LogP contribution in [0.3, 0.4) is 0 Å². The molecule has 1 aromatic rings. The van der Waals surface area contributed by atoms with Crippen LogP contribution < -0.4 is 5.32 Å². The van der Waals surface area contributed by atoms with Gasteiger partial charge < -0.3 is 15.3 Å². The van der Waals surface area contributed by atoms with Crippen LogP contribution in [0.25, 0.3) is 0 Å². The summed E-state index contributed by atoms with van der Waals surface area (Å²) >= 11 is 9.32. The van der Waals surface area contributed by atoms with Crippen LogP contribution in [-0.4, -0.2) is 35.1 Å². The second kappa shape index (κ2) is 7.13. The molecule has 1 fully saturated rings. The largest absolute Gasteiger partial charge is 0.481 e. The lowest BCUT2D eigenvalue weighted by atomic mass is 9.95. The number of anilines is 1. The van der Waals surface area contributed by atoms with Gasteiger partial charge in [0.15, 0.2) is 0 Å². The molecule has 5 nitrogen and oxygen atoms in total. The number of likely N-dealkylation sites (tertiary alicyclic amines) is 1. The first-order valence-electron chi connectivity index (χ1n) is 6.69. The van der Waals surface area contributed by atoms with E-state index in [1.54, 1.807) is 23.1 Å². The summed E-state index contributed by atoms with van der Waals surface area (Å²) in [6, 6.07) is 5.01. The van der Waals surface area contributed by atoms with Crippen molar-refractivity contribution in [2.75, 3.05) is 18.4 Å². The van der Waals surface area contributed by atoms with Crippen LogP contribution in [0.2, 0.25) is 5.02 Å². The summed E-state index contributed by atoms with van der Waals surface area (Å²) in [5.74, 6) is -0.801. The Morgan fingerprint density at radius 3 is 2.95 bits per heavy atom. The van der Waals surface area contributed by atoms with Gasteiger partial charge in [0.1, 0.15) is 0 Å². The number of carboxylic acids is 1. The van der Waals surface area contributed by atoms with Crippen LogP contribution in [-0.2, 0) is 4.79 Å². The molecule has 21 heavy (non-hydrogen) atoms. The number of halogens is 2. The number of benzene rings is 1. The highest BCUT2D eigenvalue weighted by Crippen LogP contribution is 2.30. The van der Waals surface area contributed by atoms with Crippen molar-refractivity contribution in [3.05, 3.63) is 27.7 Å². The Morgan fingerprint density at radius 2 is 2.24 bits per heavy atom. The number of nitrogens with one attached hydrogen (secondary N) is 1. The predicted octanol–water partition coefficient (Wildman–Crippen LogP) is 3.82. The molecule has 1 heterocycles. The minimum absolute atomic E-state index is 0.0183. The second-order valence-corrected chi connectivity index (χ2v) is 6.28. The van der Waals surface area contributed by atoms with Gasteiger partial charge in [0.05, 0.1) is 15.2 Å². The molecule has 0 spiro atoms. The van der Waals surface area contributed by atoms with E-state index in [9.17, 15) is 9.59 Å². The first-order valence-corrected chi connectivity index (χ1v) is 7.86. The number of carbonyl (C=O) groups is 2. The minimum atomic E-state index is -0.820. The summed E-state index contributed by atoms with van der Waals surface area (Å²) in [5.41, 5.74) is 0.604. The Bertz CT molecular complexity index is 553. The molecular weight excluding hydrogens is 360 g/mol. The average Bonchev–Trinajstić information content (AvgIpc) is 2.43. The van der Waals surface area contributed by atoms with E-state index in [1.165, 1.54) is 0 Å². The van der Waals surface area contributed by atoms with E-state index in [2.05, 4.69) is 21.2 Å². The van der Waals surface area contributed by atoms with Crippen molar-refractivity contribution >= 4 is 45.2 Å². The van der Waals surface area contributed by atoms with Gasteiger partial charge in [-0.3, -0.25) is 4.79 Å². The van der Waals surface area contributed by atoms with Crippen LogP contribution in [0.4, 0.5) is 10.5 Å². The van der Waals surface area contributed by atoms with Gasteiger partial charge in [-0.15, -0.1) is 0 Å². The van der Waals surface area contributed by atoms with Crippen molar-refractivity contribution in [2.24, 2.45) is 5.92 Å². The fourth-order valence-corrected chi connectivity index (χ4v) is 3.00. The maximum absolute atomic E-state index is 12.3. The zero-order valence-corrected chi connectivity index (χ0v) is 13.7. The lowest BCUT2D eigenvalue weighted by molar-refractivity contribution is -0.138. The number of amides is 2. The molecule has 0 aliphatic carbocycles. The number of hydrogen-bond acceptors (Lipinski definition) is 2. The van der Waals surface area contributed by atoms with E-state index in [0.29, 0.717) is 28.3 Å². The first kappa shape index (κ1) is 16.1. The Morgan fingerprint density at radius 1 is 1.48 bits per heavy atom. The molecule has 114 valence electrons. The highest BCUT2D eigenvalue weighted by molar-refractivity contribution is 9.10. The van der Waals surface area contributed by atoms with Crippen molar-refractivity contribution in [2.45, 2.75) is 19.3 Å². The Balaban J connectivity index is 1.99. The quantitative estimate of drug-likeness (QED) is 0.844. The van der Waals surface area contributed by atoms with E-state index in [1.807, 2.05) is 0 Å². The molecule has 2 amide bonds. The van der Waals surface area contributed by atoms with Gasteiger partial charge >= 0.3 is 12.0 Å². The maximum atomic E-state index is 12.3. The second-order valence-electron chi connectivity index (χ2n) is 5.08. The monoisotopic (exact) mass is 374 g/mol. The minimum Gasteiger partial charge on any atom is -0.481 e. The fourth-order valence-electron chi connectivity index (χ4n) is 2.46. The standard InChI is InChI=1S/C14H16BrClN2O3/c15-13-10(16)4-1-5-11(13)17-14(21)18-6-2-3-9(8-18)7-12(19)20/h1,4-5,9H,2-3,6-8H2,(H,17,21)(H,19,20). The number of nitrogens with zero attached hydrogens (tertiary/aromatic N) is 1. The SMILES string of the molecule is O=C(O)CC1CCCN(C(=O)Nc2cccc(Cl)c2Br)C1. The summed E-state index contributed by atoms with van der Waals surface area (Å²) in [4.78, 5) is 24.7. The Labute approximate surface area is 136 Å². The number of hydrogen-bond donors (Lipinski definition) is 2. The van der Waals surface area contributed by atoms with Crippen LogP contribution >= 0.6 is 27.5 Å². The van der Waals surface area contributed by atoms with Crippen LogP contribution in [0.5, 0.6) is 0 Å². The van der Waals surface area contributed by atoms with Crippen molar-refractivity contribution in [3.8, 4) is 0 Å². The topological polar surface area (TPSA) is 69.6 Å². The summed E-state index contributed by atoms with van der Waals surface area (Å²) < 4.78 is 0.638. The summed E-state index contributed by atoms with van der Waals surface area (Å²) in [6.45, 7) is 1.11. The van der Waals surface area contributed by atoms with E-state index in [-0.39, 0.29) is 18.4 Å². The molecule has 0 radical (unpaired) electrons. The number of aliphatic carboxylic acids is 1. The lowest BCUT2D eigenvalue weighted by Gasteiger charge is -2.32. The number of carbonyl (C=O) groups excluding carboxylic acids is 1. The molecule has 1 atom stereocenters. The predicted molar refractivity (Wildman–Crippen MR) is 84.7 cm³/mol. The van der Waals surface area contributed by atoms with Crippen LogP contribution in [0.15, 0.2) is 22.7 Å². The molecule has 1 aromatic carbocycles. The summed E-state index contributed by atoms with van der Waals surface area (Å²) in [5, 5.41) is 12.2. The van der Waals surface area contributed by atoms with Crippen molar-refractivity contribution in [1.82, 2.24) is 4.90 Å². The van der Waals surface area contributed by atoms with Gasteiger partial charge in [0.25, 0.3) is 0 Å². The molecule has 2 rings (SSSR count). The van der Waals surface area contributed by atoms with Gasteiger partial charge in [0.2, 0.25) is 0 Å². The smallest absolute Gasteiger partial charge is 0.321 e. The Hall–Kier alpha value is -1.27. The fraction of sp³-hybridized carbons (Fsp3) is 0.429. The highest BCUT2D eigenvalue weighted by Gasteiger charge is 2.25. The van der Waals surface area contributed by atoms with E-state index < -0.39 is 5.97 Å². The zero-order valence-electron chi connectivity index (χ0n) is 11.3. The first-order chi connectivity index (χ1) is 9.97. The number of piperidine rings is 1.